The van der Waals surface area contributed by atoms with Crippen LogP contribution in [0.15, 0.2) is 182 Å². The van der Waals surface area contributed by atoms with Gasteiger partial charge in [0.25, 0.3) is 0 Å². The molecule has 1 aliphatic rings. The largest absolute Gasteiger partial charge is 0.453 e. The van der Waals surface area contributed by atoms with Gasteiger partial charge in [-0.05, 0) is 39.9 Å². The van der Waals surface area contributed by atoms with Gasteiger partial charge in [-0.3, -0.25) is 4.79 Å². The smallest absolute Gasteiger partial charge is 0.338 e. The SMILES string of the molecule is CC(=O)NC1C(OCc2ccccc2)OC(COC(c2ccccc2)(c2ccccc2)c2ccccc2)C(OC(=O)c2ccccc2)C1OCc1ccccc1. The van der Waals surface area contributed by atoms with E-state index in [9.17, 15) is 9.59 Å². The number of rotatable bonds is 15. The van der Waals surface area contributed by atoms with E-state index in [1.54, 1.807) is 24.3 Å². The number of hydrogen-bond acceptors (Lipinski definition) is 7. The quantitative estimate of drug-likeness (QED) is 0.0836. The van der Waals surface area contributed by atoms with Gasteiger partial charge in [-0.15, -0.1) is 0 Å². The average Bonchev–Trinajstić information content (AvgIpc) is 3.25. The molecule has 56 heavy (non-hydrogen) atoms. The van der Waals surface area contributed by atoms with Crippen molar-refractivity contribution in [2.45, 2.75) is 56.4 Å². The first-order valence-electron chi connectivity index (χ1n) is 18.8. The lowest BCUT2D eigenvalue weighted by molar-refractivity contribution is -0.286. The molecule has 284 valence electrons. The fourth-order valence-corrected chi connectivity index (χ4v) is 7.17. The van der Waals surface area contributed by atoms with Crippen LogP contribution in [0.5, 0.6) is 0 Å². The molecule has 7 rings (SSSR count). The highest BCUT2D eigenvalue weighted by molar-refractivity contribution is 5.89. The molecule has 6 aromatic carbocycles. The summed E-state index contributed by atoms with van der Waals surface area (Å²) >= 11 is 0. The maximum atomic E-state index is 14.0. The third-order valence-corrected chi connectivity index (χ3v) is 9.82. The highest BCUT2D eigenvalue weighted by Crippen LogP contribution is 2.41. The second kappa shape index (κ2) is 18.6. The van der Waals surface area contributed by atoms with Gasteiger partial charge < -0.3 is 29.0 Å². The Bertz CT molecular complexity index is 2010. The molecule has 1 aliphatic heterocycles. The van der Waals surface area contributed by atoms with Gasteiger partial charge in [0.2, 0.25) is 5.91 Å². The summed E-state index contributed by atoms with van der Waals surface area (Å²) in [6.07, 6.45) is -3.92. The Hall–Kier alpha value is -5.90. The van der Waals surface area contributed by atoms with Crippen molar-refractivity contribution in [3.05, 3.63) is 215 Å². The minimum absolute atomic E-state index is 0.0609. The Balaban J connectivity index is 1.32. The zero-order valence-corrected chi connectivity index (χ0v) is 31.2. The predicted octanol–water partition coefficient (Wildman–Crippen LogP) is 8.25. The molecule has 1 fully saturated rings. The molecule has 0 saturated carbocycles. The molecule has 0 spiro atoms. The predicted molar refractivity (Wildman–Crippen MR) is 213 cm³/mol. The summed E-state index contributed by atoms with van der Waals surface area (Å²) in [6, 6.07) is 57.4. The van der Waals surface area contributed by atoms with Crippen LogP contribution in [-0.2, 0) is 47.3 Å². The highest BCUT2D eigenvalue weighted by Gasteiger charge is 2.51. The lowest BCUT2D eigenvalue weighted by Crippen LogP contribution is -2.66. The van der Waals surface area contributed by atoms with E-state index in [1.165, 1.54) is 6.92 Å². The van der Waals surface area contributed by atoms with Crippen LogP contribution in [0.2, 0.25) is 0 Å². The number of carbonyl (C=O) groups is 2. The number of ether oxygens (including phenoxy) is 5. The summed E-state index contributed by atoms with van der Waals surface area (Å²) in [5, 5.41) is 3.02. The first-order valence-corrected chi connectivity index (χ1v) is 18.8. The van der Waals surface area contributed by atoms with Crippen LogP contribution in [0.1, 0.15) is 45.1 Å². The monoisotopic (exact) mass is 747 g/mol. The van der Waals surface area contributed by atoms with E-state index in [0.717, 1.165) is 27.8 Å². The molecule has 1 saturated heterocycles. The lowest BCUT2D eigenvalue weighted by Gasteiger charge is -2.47. The molecule has 0 radical (unpaired) electrons. The molecule has 5 unspecified atom stereocenters. The summed E-state index contributed by atoms with van der Waals surface area (Å²) in [4.78, 5) is 26.9. The molecule has 0 bridgehead atoms. The van der Waals surface area contributed by atoms with Crippen molar-refractivity contribution in [2.75, 3.05) is 6.61 Å². The number of benzene rings is 6. The Kier molecular flexibility index (Phi) is 12.8. The van der Waals surface area contributed by atoms with Crippen LogP contribution < -0.4 is 5.32 Å². The van der Waals surface area contributed by atoms with Gasteiger partial charge in [0.05, 0.1) is 25.4 Å². The lowest BCUT2D eigenvalue weighted by atomic mass is 9.80. The van der Waals surface area contributed by atoms with Crippen molar-refractivity contribution in [3.8, 4) is 0 Å². The van der Waals surface area contributed by atoms with E-state index in [-0.39, 0.29) is 25.7 Å². The van der Waals surface area contributed by atoms with Gasteiger partial charge in [0, 0.05) is 6.92 Å². The molecule has 8 nitrogen and oxygen atoms in total. The molecule has 5 atom stereocenters. The van der Waals surface area contributed by atoms with Gasteiger partial charge in [-0.2, -0.15) is 0 Å². The molecule has 1 amide bonds. The van der Waals surface area contributed by atoms with Gasteiger partial charge in [-0.25, -0.2) is 4.79 Å². The van der Waals surface area contributed by atoms with E-state index >= 15 is 0 Å². The minimum Gasteiger partial charge on any atom is -0.453 e. The first-order chi connectivity index (χ1) is 27.5. The fraction of sp³-hybridized carbons (Fsp3) is 0.208. The molecule has 1 heterocycles. The van der Waals surface area contributed by atoms with Crippen LogP contribution in [0.3, 0.4) is 0 Å². The van der Waals surface area contributed by atoms with Crippen LogP contribution in [0, 0.1) is 0 Å². The summed E-state index contributed by atoms with van der Waals surface area (Å²) in [5.41, 5.74) is 3.78. The topological polar surface area (TPSA) is 92.3 Å². The van der Waals surface area contributed by atoms with Crippen molar-refractivity contribution in [2.24, 2.45) is 0 Å². The van der Waals surface area contributed by atoms with Crippen molar-refractivity contribution in [1.82, 2.24) is 5.32 Å². The average molecular weight is 748 g/mol. The van der Waals surface area contributed by atoms with E-state index < -0.39 is 42.2 Å². The second-order valence-corrected chi connectivity index (χ2v) is 13.7. The number of amides is 1. The maximum Gasteiger partial charge on any atom is 0.338 e. The van der Waals surface area contributed by atoms with Gasteiger partial charge in [0.1, 0.15) is 23.9 Å². The number of nitrogens with one attached hydrogen (secondary N) is 1. The first kappa shape index (κ1) is 38.4. The molecule has 0 aromatic heterocycles. The summed E-state index contributed by atoms with van der Waals surface area (Å²) < 4.78 is 33.8. The van der Waals surface area contributed by atoms with Gasteiger partial charge >= 0.3 is 5.97 Å². The van der Waals surface area contributed by atoms with E-state index in [4.69, 9.17) is 23.7 Å². The molecule has 6 aromatic rings. The summed E-state index contributed by atoms with van der Waals surface area (Å²) in [5.74, 6) is -0.887. The number of carbonyl (C=O) groups excluding carboxylic acids is 2. The second-order valence-electron chi connectivity index (χ2n) is 13.7. The normalized spacial score (nSPS) is 19.5. The third-order valence-electron chi connectivity index (χ3n) is 9.82. The molecule has 1 N–H and O–H groups in total. The zero-order valence-electron chi connectivity index (χ0n) is 31.2. The van der Waals surface area contributed by atoms with Gasteiger partial charge in [0.15, 0.2) is 12.4 Å². The number of hydrogen-bond donors (Lipinski definition) is 1. The van der Waals surface area contributed by atoms with Crippen LogP contribution in [0.25, 0.3) is 0 Å². The van der Waals surface area contributed by atoms with Crippen molar-refractivity contribution >= 4 is 11.9 Å². The van der Waals surface area contributed by atoms with Crippen LogP contribution in [-0.4, -0.2) is 49.1 Å². The Morgan fingerprint density at radius 1 is 0.571 bits per heavy atom. The molecule has 0 aliphatic carbocycles. The zero-order chi connectivity index (χ0) is 38.6. The minimum atomic E-state index is -1.10. The molecular weight excluding hydrogens is 703 g/mol. The van der Waals surface area contributed by atoms with E-state index in [0.29, 0.717) is 5.56 Å². The molecular formula is C48H45NO7. The fourth-order valence-electron chi connectivity index (χ4n) is 7.17. The van der Waals surface area contributed by atoms with Crippen molar-refractivity contribution in [1.29, 1.82) is 0 Å². The van der Waals surface area contributed by atoms with E-state index in [1.807, 2.05) is 158 Å². The van der Waals surface area contributed by atoms with Crippen molar-refractivity contribution < 1.29 is 33.3 Å². The van der Waals surface area contributed by atoms with Gasteiger partial charge in [-0.1, -0.05) is 170 Å². The summed E-state index contributed by atoms with van der Waals surface area (Å²) in [7, 11) is 0. The van der Waals surface area contributed by atoms with Crippen LogP contribution in [0.4, 0.5) is 0 Å². The Morgan fingerprint density at radius 2 is 1.00 bits per heavy atom. The number of esters is 1. The Morgan fingerprint density at radius 3 is 1.46 bits per heavy atom. The third kappa shape index (κ3) is 9.13. The summed E-state index contributed by atoms with van der Waals surface area (Å²) in [6.45, 7) is 1.73. The Labute approximate surface area is 328 Å². The highest BCUT2D eigenvalue weighted by atomic mass is 16.7. The molecule has 8 heteroatoms. The van der Waals surface area contributed by atoms with Crippen LogP contribution >= 0.6 is 0 Å². The standard InChI is InChI=1S/C48H45NO7/c1-35(50)49-43-45(52-32-36-20-8-2-9-21-36)44(56-46(51)38-24-12-4-13-25-38)42(55-47(43)53-33-37-22-10-3-11-23-37)34-54-48(39-26-14-5-15-27-39,40-28-16-6-17-29-40)41-30-18-7-19-31-41/h2-31,42-45,47H,32-34H2,1H3,(H,49,50). The van der Waals surface area contributed by atoms with Crippen molar-refractivity contribution in [3.63, 3.8) is 0 Å². The maximum absolute atomic E-state index is 14.0. The van der Waals surface area contributed by atoms with E-state index in [2.05, 4.69) is 5.32 Å².